The fourth-order valence-corrected chi connectivity index (χ4v) is 3.81. The van der Waals surface area contributed by atoms with Crippen LogP contribution in [0.1, 0.15) is 11.1 Å². The van der Waals surface area contributed by atoms with E-state index in [9.17, 15) is 30.4 Å². The zero-order valence-electron chi connectivity index (χ0n) is 17.9. The molecule has 0 saturated heterocycles. The van der Waals surface area contributed by atoms with Crippen LogP contribution in [-0.2, 0) is 23.1 Å². The Balaban J connectivity index is 2.15. The number of benzene rings is 3. The molecule has 0 aliphatic carbocycles. The molecule has 0 aromatic heterocycles. The van der Waals surface area contributed by atoms with Gasteiger partial charge in [0.2, 0.25) is 15.8 Å². The summed E-state index contributed by atoms with van der Waals surface area (Å²) >= 11 is 0. The van der Waals surface area contributed by atoms with Crippen LogP contribution >= 0.6 is 0 Å². The second-order valence-corrected chi connectivity index (χ2v) is 8.73. The van der Waals surface area contributed by atoms with Crippen molar-refractivity contribution in [2.45, 2.75) is 18.0 Å². The van der Waals surface area contributed by atoms with Crippen molar-refractivity contribution in [2.75, 3.05) is 19.1 Å². The van der Waals surface area contributed by atoms with Gasteiger partial charge in [-0.3, -0.25) is 0 Å². The van der Waals surface area contributed by atoms with Crippen molar-refractivity contribution in [1.82, 2.24) is 0 Å². The van der Waals surface area contributed by atoms with Gasteiger partial charge < -0.3 is 14.4 Å². The maximum atomic E-state index is 14.4. The van der Waals surface area contributed by atoms with Crippen LogP contribution in [0.2, 0.25) is 0 Å². The largest absolute Gasteiger partial charge is 0.497 e. The molecule has 12 heteroatoms. The molecule has 0 unspecified atom stereocenters. The van der Waals surface area contributed by atoms with Gasteiger partial charge in [0.25, 0.3) is 0 Å². The number of hydrogen-bond acceptors (Lipinski definition) is 5. The molecule has 0 fully saturated rings. The molecule has 0 amide bonds. The Morgan fingerprint density at radius 1 is 0.794 bits per heavy atom. The van der Waals surface area contributed by atoms with Crippen LogP contribution in [-0.4, -0.2) is 22.6 Å². The van der Waals surface area contributed by atoms with Crippen molar-refractivity contribution in [1.29, 1.82) is 0 Å². The Bertz CT molecular complexity index is 1280. The topological polar surface area (TPSA) is 81.9 Å². The number of rotatable bonds is 8. The first kappa shape index (κ1) is 25.2. The molecule has 0 aliphatic rings. The SMILES string of the molecule is COc1cc(CN(Cc2c(F)c(F)c(F)c(F)c2F)c2cccc(S(N)(=O)=O)c2)cc(OC)c1. The lowest BCUT2D eigenvalue weighted by Gasteiger charge is -2.26. The highest BCUT2D eigenvalue weighted by Gasteiger charge is 2.27. The summed E-state index contributed by atoms with van der Waals surface area (Å²) in [5.41, 5.74) is -0.523. The Labute approximate surface area is 192 Å². The lowest BCUT2D eigenvalue weighted by Crippen LogP contribution is -2.25. The van der Waals surface area contributed by atoms with Gasteiger partial charge in [0, 0.05) is 30.4 Å². The van der Waals surface area contributed by atoms with E-state index in [1.165, 1.54) is 37.3 Å². The Morgan fingerprint density at radius 2 is 1.32 bits per heavy atom. The zero-order chi connectivity index (χ0) is 25.2. The highest BCUT2D eigenvalue weighted by atomic mass is 32.2. The summed E-state index contributed by atoms with van der Waals surface area (Å²) in [6.45, 7) is -0.944. The van der Waals surface area contributed by atoms with E-state index in [1.807, 2.05) is 0 Å². The van der Waals surface area contributed by atoms with Gasteiger partial charge >= 0.3 is 0 Å². The van der Waals surface area contributed by atoms with Crippen LogP contribution in [0.15, 0.2) is 47.4 Å². The Morgan fingerprint density at radius 3 is 1.82 bits per heavy atom. The fraction of sp³-hybridized carbons (Fsp3) is 0.182. The fourth-order valence-electron chi connectivity index (χ4n) is 3.25. The number of halogens is 5. The number of ether oxygens (including phenoxy) is 2. The van der Waals surface area contributed by atoms with Crippen molar-refractivity contribution in [2.24, 2.45) is 5.14 Å². The summed E-state index contributed by atoms with van der Waals surface area (Å²) in [6, 6.07) is 9.75. The van der Waals surface area contributed by atoms with Crippen molar-refractivity contribution in [3.63, 3.8) is 0 Å². The quantitative estimate of drug-likeness (QED) is 0.283. The van der Waals surface area contributed by atoms with Crippen LogP contribution in [0.3, 0.4) is 0 Å². The predicted molar refractivity (Wildman–Crippen MR) is 113 cm³/mol. The van der Waals surface area contributed by atoms with E-state index in [0.29, 0.717) is 17.1 Å². The summed E-state index contributed by atoms with van der Waals surface area (Å²) < 4.78 is 104. The lowest BCUT2D eigenvalue weighted by molar-refractivity contribution is 0.369. The number of primary sulfonamides is 1. The molecule has 0 spiro atoms. The number of sulfonamides is 1. The molecule has 6 nitrogen and oxygen atoms in total. The third kappa shape index (κ3) is 5.23. The van der Waals surface area contributed by atoms with Crippen molar-refractivity contribution >= 4 is 15.7 Å². The molecule has 3 aromatic rings. The standard InChI is InChI=1S/C22H19F5N2O4S/c1-32-14-6-12(7-15(9-14)33-2)10-29(13-4-3-5-16(8-13)34(28,30)31)11-17-18(23)20(25)22(27)21(26)19(17)24/h3-9H,10-11H2,1-2H3,(H2,28,30,31). The lowest BCUT2D eigenvalue weighted by atomic mass is 10.1. The summed E-state index contributed by atoms with van der Waals surface area (Å²) in [7, 11) is -1.34. The second-order valence-electron chi connectivity index (χ2n) is 7.17. The number of nitrogens with two attached hydrogens (primary N) is 1. The van der Waals surface area contributed by atoms with E-state index in [2.05, 4.69) is 0 Å². The molecule has 182 valence electrons. The van der Waals surface area contributed by atoms with E-state index in [-0.39, 0.29) is 17.1 Å². The van der Waals surface area contributed by atoms with Gasteiger partial charge in [-0.2, -0.15) is 0 Å². The van der Waals surface area contributed by atoms with Gasteiger partial charge in [-0.25, -0.2) is 35.5 Å². The molecule has 0 atom stereocenters. The summed E-state index contributed by atoms with van der Waals surface area (Å²) in [5, 5.41) is 5.17. The van der Waals surface area contributed by atoms with Gasteiger partial charge in [-0.1, -0.05) is 6.07 Å². The minimum Gasteiger partial charge on any atom is -0.497 e. The normalized spacial score (nSPS) is 11.4. The van der Waals surface area contributed by atoms with E-state index in [4.69, 9.17) is 14.6 Å². The number of anilines is 1. The molecule has 2 N–H and O–H groups in total. The summed E-state index contributed by atoms with van der Waals surface area (Å²) in [6.07, 6.45) is 0. The molecular weight excluding hydrogens is 483 g/mol. The van der Waals surface area contributed by atoms with Gasteiger partial charge in [0.15, 0.2) is 23.3 Å². The molecule has 3 rings (SSSR count). The number of nitrogens with zero attached hydrogens (tertiary/aromatic N) is 1. The van der Waals surface area contributed by atoms with E-state index in [0.717, 1.165) is 6.07 Å². The first-order valence-electron chi connectivity index (χ1n) is 9.56. The first-order chi connectivity index (χ1) is 16.0. The minimum absolute atomic E-state index is 0.0947. The third-order valence-electron chi connectivity index (χ3n) is 4.95. The van der Waals surface area contributed by atoms with Gasteiger partial charge in [0.1, 0.15) is 11.5 Å². The predicted octanol–water partition coefficient (Wildman–Crippen LogP) is 4.25. The smallest absolute Gasteiger partial charge is 0.238 e. The van der Waals surface area contributed by atoms with Crippen molar-refractivity contribution in [3.05, 3.63) is 82.7 Å². The zero-order valence-corrected chi connectivity index (χ0v) is 18.7. The van der Waals surface area contributed by atoms with Crippen LogP contribution in [0.25, 0.3) is 0 Å². The summed E-state index contributed by atoms with van der Waals surface area (Å²) in [5.74, 6) is -9.68. The average molecular weight is 502 g/mol. The second kappa shape index (κ2) is 9.85. The first-order valence-corrected chi connectivity index (χ1v) is 11.1. The van der Waals surface area contributed by atoms with E-state index < -0.39 is 51.2 Å². The Hall–Kier alpha value is -3.38. The Kier molecular flexibility index (Phi) is 7.32. The molecule has 0 heterocycles. The molecular formula is C22H19F5N2O4S. The van der Waals surface area contributed by atoms with E-state index in [1.54, 1.807) is 18.2 Å². The molecule has 34 heavy (non-hydrogen) atoms. The monoisotopic (exact) mass is 502 g/mol. The average Bonchev–Trinajstić information content (AvgIpc) is 2.82. The maximum Gasteiger partial charge on any atom is 0.238 e. The molecule has 0 radical (unpaired) electrons. The molecule has 3 aromatic carbocycles. The van der Waals surface area contributed by atoms with E-state index >= 15 is 0 Å². The number of methoxy groups -OCH3 is 2. The third-order valence-corrected chi connectivity index (χ3v) is 5.86. The summed E-state index contributed by atoms with van der Waals surface area (Å²) in [4.78, 5) is 0.914. The van der Waals surface area contributed by atoms with Crippen LogP contribution in [0.5, 0.6) is 11.5 Å². The molecule has 0 aliphatic heterocycles. The maximum absolute atomic E-state index is 14.4. The number of hydrogen-bond donors (Lipinski definition) is 1. The molecule has 0 saturated carbocycles. The van der Waals surface area contributed by atoms with Gasteiger partial charge in [-0.05, 0) is 35.9 Å². The minimum atomic E-state index is -4.15. The highest BCUT2D eigenvalue weighted by molar-refractivity contribution is 7.89. The molecule has 0 bridgehead atoms. The van der Waals surface area contributed by atoms with Gasteiger partial charge in [0.05, 0.1) is 19.1 Å². The van der Waals surface area contributed by atoms with Crippen molar-refractivity contribution < 1.29 is 39.8 Å². The van der Waals surface area contributed by atoms with Crippen LogP contribution in [0.4, 0.5) is 27.6 Å². The van der Waals surface area contributed by atoms with Gasteiger partial charge in [-0.15, -0.1) is 0 Å². The van der Waals surface area contributed by atoms with Crippen LogP contribution < -0.4 is 19.5 Å². The van der Waals surface area contributed by atoms with Crippen LogP contribution in [0, 0.1) is 29.1 Å². The highest BCUT2D eigenvalue weighted by Crippen LogP contribution is 2.30. The van der Waals surface area contributed by atoms with Crippen molar-refractivity contribution in [3.8, 4) is 11.5 Å².